The fourth-order valence-corrected chi connectivity index (χ4v) is 3.18. The van der Waals surface area contributed by atoms with Crippen molar-refractivity contribution in [2.45, 2.75) is 0 Å². The van der Waals surface area contributed by atoms with Gasteiger partial charge in [-0.25, -0.2) is 9.37 Å². The minimum absolute atomic E-state index is 0.350. The molecule has 24 heavy (non-hydrogen) atoms. The van der Waals surface area contributed by atoms with Crippen LogP contribution in [0, 0.1) is 17.1 Å². The average molecular weight is 375 g/mol. The van der Waals surface area contributed by atoms with Crippen LogP contribution in [0.4, 0.5) is 4.39 Å². The van der Waals surface area contributed by atoms with Crippen LogP contribution >= 0.6 is 34.5 Å². The summed E-state index contributed by atoms with van der Waals surface area (Å²) in [6, 6.07) is 13.4. The average Bonchev–Trinajstić information content (AvgIpc) is 3.05. The normalized spacial score (nSPS) is 11.3. The van der Waals surface area contributed by atoms with E-state index in [2.05, 4.69) is 11.1 Å². The van der Waals surface area contributed by atoms with Crippen LogP contribution in [0.1, 0.15) is 10.6 Å². The Labute approximate surface area is 152 Å². The van der Waals surface area contributed by atoms with E-state index in [1.165, 1.54) is 23.5 Å². The summed E-state index contributed by atoms with van der Waals surface area (Å²) in [5, 5.41) is 12.7. The van der Waals surface area contributed by atoms with Gasteiger partial charge in [0.05, 0.1) is 21.3 Å². The summed E-state index contributed by atoms with van der Waals surface area (Å²) in [5.74, 6) is -0.350. The standard InChI is InChI=1S/C18H9Cl2FN2S/c19-15-5-4-12(8-16(15)20)17-10-24-18(23-17)13(9-22)6-11-2-1-3-14(21)7-11/h1-8,10H/b13-6+. The van der Waals surface area contributed by atoms with Gasteiger partial charge in [-0.3, -0.25) is 0 Å². The van der Waals surface area contributed by atoms with Gasteiger partial charge in [0.2, 0.25) is 0 Å². The molecule has 0 saturated carbocycles. The van der Waals surface area contributed by atoms with Crippen LogP contribution in [0.2, 0.25) is 10.0 Å². The summed E-state index contributed by atoms with van der Waals surface area (Å²) < 4.78 is 13.3. The maximum absolute atomic E-state index is 13.3. The Bertz CT molecular complexity index is 973. The molecule has 0 aliphatic rings. The second-order valence-corrected chi connectivity index (χ2v) is 6.56. The predicted octanol–water partition coefficient (Wildman–Crippen LogP) is 6.32. The monoisotopic (exact) mass is 374 g/mol. The summed E-state index contributed by atoms with van der Waals surface area (Å²) in [4.78, 5) is 4.47. The van der Waals surface area contributed by atoms with Gasteiger partial charge in [-0.15, -0.1) is 11.3 Å². The number of benzene rings is 2. The van der Waals surface area contributed by atoms with Crippen molar-refractivity contribution < 1.29 is 4.39 Å². The Morgan fingerprint density at radius 3 is 2.71 bits per heavy atom. The lowest BCUT2D eigenvalue weighted by atomic mass is 10.1. The van der Waals surface area contributed by atoms with E-state index >= 15 is 0 Å². The van der Waals surface area contributed by atoms with Crippen molar-refractivity contribution in [1.29, 1.82) is 5.26 Å². The van der Waals surface area contributed by atoms with Gasteiger partial charge in [0.1, 0.15) is 16.9 Å². The molecule has 1 aromatic heterocycles. The summed E-state index contributed by atoms with van der Waals surface area (Å²) in [6.45, 7) is 0. The topological polar surface area (TPSA) is 36.7 Å². The third-order valence-corrected chi connectivity index (χ3v) is 4.84. The Balaban J connectivity index is 1.96. The van der Waals surface area contributed by atoms with Crippen LogP contribution in [0.3, 0.4) is 0 Å². The molecule has 0 N–H and O–H groups in total. The van der Waals surface area contributed by atoms with Gasteiger partial charge in [0.25, 0.3) is 0 Å². The van der Waals surface area contributed by atoms with E-state index in [0.717, 1.165) is 5.56 Å². The molecule has 3 rings (SSSR count). The molecule has 118 valence electrons. The number of nitrogens with zero attached hydrogens (tertiary/aromatic N) is 2. The Kier molecular flexibility index (Phi) is 4.96. The molecule has 0 amide bonds. The molecule has 2 aromatic carbocycles. The Morgan fingerprint density at radius 2 is 2.00 bits per heavy atom. The van der Waals surface area contributed by atoms with Crippen molar-refractivity contribution in [3.8, 4) is 17.3 Å². The summed E-state index contributed by atoms with van der Waals surface area (Å²) in [7, 11) is 0. The molecule has 0 radical (unpaired) electrons. The molecule has 6 heteroatoms. The van der Waals surface area contributed by atoms with Crippen molar-refractivity contribution in [3.05, 3.63) is 74.3 Å². The highest BCUT2D eigenvalue weighted by Gasteiger charge is 2.10. The zero-order chi connectivity index (χ0) is 17.1. The zero-order valence-corrected chi connectivity index (χ0v) is 14.5. The molecule has 0 atom stereocenters. The molecule has 0 bridgehead atoms. The lowest BCUT2D eigenvalue weighted by molar-refractivity contribution is 0.627. The first-order chi connectivity index (χ1) is 11.6. The molecule has 0 aliphatic heterocycles. The van der Waals surface area contributed by atoms with E-state index in [1.54, 1.807) is 30.3 Å². The molecular formula is C18H9Cl2FN2S. The second-order valence-electron chi connectivity index (χ2n) is 4.89. The second kappa shape index (κ2) is 7.14. The summed E-state index contributed by atoms with van der Waals surface area (Å²) in [6.07, 6.45) is 1.61. The maximum atomic E-state index is 13.3. The van der Waals surface area contributed by atoms with Crippen LogP contribution in [0.25, 0.3) is 22.9 Å². The van der Waals surface area contributed by atoms with Gasteiger partial charge in [-0.05, 0) is 35.9 Å². The molecule has 0 spiro atoms. The highest BCUT2D eigenvalue weighted by atomic mass is 35.5. The SMILES string of the molecule is N#C/C(=C\c1cccc(F)c1)c1nc(-c2ccc(Cl)c(Cl)c2)cs1. The van der Waals surface area contributed by atoms with E-state index in [-0.39, 0.29) is 5.82 Å². The smallest absolute Gasteiger partial charge is 0.134 e. The van der Waals surface area contributed by atoms with E-state index in [9.17, 15) is 9.65 Å². The van der Waals surface area contributed by atoms with Gasteiger partial charge in [0.15, 0.2) is 0 Å². The largest absolute Gasteiger partial charge is 0.235 e. The number of allylic oxidation sites excluding steroid dienone is 1. The van der Waals surface area contributed by atoms with Crippen LogP contribution in [-0.2, 0) is 0 Å². The first kappa shape index (κ1) is 16.7. The Hall–Kier alpha value is -2.19. The number of hydrogen-bond donors (Lipinski definition) is 0. The van der Waals surface area contributed by atoms with Crippen LogP contribution < -0.4 is 0 Å². The molecule has 3 aromatic rings. The highest BCUT2D eigenvalue weighted by Crippen LogP contribution is 2.31. The molecule has 0 saturated heterocycles. The van der Waals surface area contributed by atoms with Gasteiger partial charge >= 0.3 is 0 Å². The minimum atomic E-state index is -0.350. The summed E-state index contributed by atoms with van der Waals surface area (Å²) in [5.41, 5.74) is 2.50. The highest BCUT2D eigenvalue weighted by molar-refractivity contribution is 7.11. The molecule has 2 nitrogen and oxygen atoms in total. The van der Waals surface area contributed by atoms with Crippen LogP contribution in [-0.4, -0.2) is 4.98 Å². The van der Waals surface area contributed by atoms with Gasteiger partial charge in [0, 0.05) is 10.9 Å². The minimum Gasteiger partial charge on any atom is -0.235 e. The van der Waals surface area contributed by atoms with E-state index in [1.807, 2.05) is 11.4 Å². The number of nitriles is 1. The predicted molar refractivity (Wildman–Crippen MR) is 97.5 cm³/mol. The van der Waals surface area contributed by atoms with E-state index in [0.29, 0.717) is 31.9 Å². The first-order valence-electron chi connectivity index (χ1n) is 6.85. The quantitative estimate of drug-likeness (QED) is 0.502. The van der Waals surface area contributed by atoms with Crippen molar-refractivity contribution in [2.24, 2.45) is 0 Å². The van der Waals surface area contributed by atoms with Gasteiger partial charge in [-0.2, -0.15) is 5.26 Å². The fraction of sp³-hybridized carbons (Fsp3) is 0. The van der Waals surface area contributed by atoms with E-state index < -0.39 is 0 Å². The first-order valence-corrected chi connectivity index (χ1v) is 8.49. The fourth-order valence-electron chi connectivity index (χ4n) is 2.09. The molecule has 1 heterocycles. The van der Waals surface area contributed by atoms with Crippen molar-refractivity contribution in [2.75, 3.05) is 0 Å². The molecule has 0 aliphatic carbocycles. The third-order valence-electron chi connectivity index (χ3n) is 3.23. The van der Waals surface area contributed by atoms with Gasteiger partial charge < -0.3 is 0 Å². The van der Waals surface area contributed by atoms with Crippen LogP contribution in [0.15, 0.2) is 47.8 Å². The van der Waals surface area contributed by atoms with Gasteiger partial charge in [-0.1, -0.05) is 41.4 Å². The number of halogens is 3. The lowest BCUT2D eigenvalue weighted by Gasteiger charge is -1.99. The molecule has 0 unspecified atom stereocenters. The third kappa shape index (κ3) is 3.65. The molecule has 0 fully saturated rings. The number of thiazole rings is 1. The van der Waals surface area contributed by atoms with Crippen molar-refractivity contribution >= 4 is 46.2 Å². The number of hydrogen-bond acceptors (Lipinski definition) is 3. The van der Waals surface area contributed by atoms with Crippen LogP contribution in [0.5, 0.6) is 0 Å². The maximum Gasteiger partial charge on any atom is 0.134 e. The number of rotatable bonds is 3. The Morgan fingerprint density at radius 1 is 1.17 bits per heavy atom. The lowest BCUT2D eigenvalue weighted by Crippen LogP contribution is -1.84. The van der Waals surface area contributed by atoms with Crippen molar-refractivity contribution in [3.63, 3.8) is 0 Å². The number of aromatic nitrogens is 1. The van der Waals surface area contributed by atoms with E-state index in [4.69, 9.17) is 23.2 Å². The molecular weight excluding hydrogens is 366 g/mol. The summed E-state index contributed by atoms with van der Waals surface area (Å²) >= 11 is 13.3. The zero-order valence-electron chi connectivity index (χ0n) is 12.1. The van der Waals surface area contributed by atoms with Crippen molar-refractivity contribution in [1.82, 2.24) is 4.98 Å².